The summed E-state index contributed by atoms with van der Waals surface area (Å²) in [5.41, 5.74) is 1.91. The molecule has 3 aromatic rings. The number of aromatic nitrogens is 3. The van der Waals surface area contributed by atoms with Crippen LogP contribution in [0, 0.1) is 20.8 Å². The highest BCUT2D eigenvalue weighted by atomic mass is 35.5. The van der Waals surface area contributed by atoms with Gasteiger partial charge in [0.15, 0.2) is 6.61 Å². The molecule has 0 bridgehead atoms. The standard InChI is InChI=1S/C15H15ClN4O2S/c1-8-6-11(4-5-12(8)16)22-7-13(21)17-14-18-15-20(19-14)9(2)10(3)23-15/h4-6H,7H2,1-3H3,(H,17,19,21). The third-order valence-electron chi connectivity index (χ3n) is 3.40. The fourth-order valence-corrected chi connectivity index (χ4v) is 3.03. The van der Waals surface area contributed by atoms with Crippen molar-refractivity contribution in [3.63, 3.8) is 0 Å². The molecule has 1 N–H and O–H groups in total. The molecule has 0 saturated heterocycles. The molecule has 8 heteroatoms. The maximum absolute atomic E-state index is 11.9. The van der Waals surface area contributed by atoms with Crippen molar-refractivity contribution in [1.29, 1.82) is 0 Å². The monoisotopic (exact) mass is 350 g/mol. The number of ether oxygens (including phenoxy) is 1. The molecule has 0 unspecified atom stereocenters. The average molecular weight is 351 g/mol. The van der Waals surface area contributed by atoms with E-state index in [1.807, 2.05) is 20.8 Å². The van der Waals surface area contributed by atoms with E-state index in [0.29, 0.717) is 10.8 Å². The zero-order valence-electron chi connectivity index (χ0n) is 12.9. The van der Waals surface area contributed by atoms with Crippen LogP contribution >= 0.6 is 22.9 Å². The number of rotatable bonds is 4. The van der Waals surface area contributed by atoms with Crippen LogP contribution in [0.15, 0.2) is 18.2 Å². The van der Waals surface area contributed by atoms with Gasteiger partial charge in [-0.1, -0.05) is 22.9 Å². The minimum absolute atomic E-state index is 0.119. The van der Waals surface area contributed by atoms with E-state index >= 15 is 0 Å². The molecule has 2 heterocycles. The van der Waals surface area contributed by atoms with Crippen LogP contribution in [0.2, 0.25) is 5.02 Å². The van der Waals surface area contributed by atoms with Crippen molar-refractivity contribution >= 4 is 39.8 Å². The fraction of sp³-hybridized carbons (Fsp3) is 0.267. The van der Waals surface area contributed by atoms with Gasteiger partial charge in [-0.2, -0.15) is 4.98 Å². The average Bonchev–Trinajstić information content (AvgIpc) is 3.00. The molecule has 0 fully saturated rings. The molecular formula is C15H15ClN4O2S. The van der Waals surface area contributed by atoms with E-state index in [2.05, 4.69) is 15.4 Å². The van der Waals surface area contributed by atoms with Crippen molar-refractivity contribution < 1.29 is 9.53 Å². The first-order chi connectivity index (χ1) is 10.9. The van der Waals surface area contributed by atoms with Gasteiger partial charge in [0.1, 0.15) is 5.75 Å². The number of carbonyl (C=O) groups is 1. The van der Waals surface area contributed by atoms with Gasteiger partial charge < -0.3 is 4.74 Å². The lowest BCUT2D eigenvalue weighted by molar-refractivity contribution is -0.118. The quantitative estimate of drug-likeness (QED) is 0.783. The van der Waals surface area contributed by atoms with Gasteiger partial charge in [0.25, 0.3) is 11.9 Å². The van der Waals surface area contributed by atoms with Crippen LogP contribution in [0.4, 0.5) is 5.95 Å². The number of amides is 1. The summed E-state index contributed by atoms with van der Waals surface area (Å²) < 4.78 is 7.17. The molecule has 0 aliphatic carbocycles. The molecule has 2 aromatic heterocycles. The van der Waals surface area contributed by atoms with Gasteiger partial charge in [0, 0.05) is 9.90 Å². The van der Waals surface area contributed by atoms with Gasteiger partial charge in [-0.05, 0) is 44.5 Å². The number of fused-ring (bicyclic) bond motifs is 1. The van der Waals surface area contributed by atoms with Crippen LogP contribution in [0.25, 0.3) is 4.96 Å². The summed E-state index contributed by atoms with van der Waals surface area (Å²) in [6, 6.07) is 5.24. The smallest absolute Gasteiger partial charge is 0.264 e. The van der Waals surface area contributed by atoms with Crippen molar-refractivity contribution in [3.8, 4) is 5.75 Å². The van der Waals surface area contributed by atoms with E-state index in [4.69, 9.17) is 16.3 Å². The van der Waals surface area contributed by atoms with Gasteiger partial charge in [-0.25, -0.2) is 4.52 Å². The van der Waals surface area contributed by atoms with Crippen molar-refractivity contribution in [2.75, 3.05) is 11.9 Å². The summed E-state index contributed by atoms with van der Waals surface area (Å²) in [4.78, 5) is 18.1. The molecule has 120 valence electrons. The van der Waals surface area contributed by atoms with E-state index < -0.39 is 0 Å². The number of thiazole rings is 1. The van der Waals surface area contributed by atoms with E-state index in [1.54, 1.807) is 22.7 Å². The zero-order valence-corrected chi connectivity index (χ0v) is 14.5. The van der Waals surface area contributed by atoms with Crippen molar-refractivity contribution in [3.05, 3.63) is 39.4 Å². The predicted molar refractivity (Wildman–Crippen MR) is 90.7 cm³/mol. The molecule has 3 rings (SSSR count). The molecule has 23 heavy (non-hydrogen) atoms. The van der Waals surface area contributed by atoms with Crippen molar-refractivity contribution in [2.24, 2.45) is 0 Å². The Bertz CT molecular complexity index is 887. The third kappa shape index (κ3) is 3.30. The van der Waals surface area contributed by atoms with Gasteiger partial charge in [-0.15, -0.1) is 5.10 Å². The second-order valence-corrected chi connectivity index (χ2v) is 6.71. The van der Waals surface area contributed by atoms with Gasteiger partial charge in [-0.3, -0.25) is 10.1 Å². The Morgan fingerprint density at radius 1 is 1.39 bits per heavy atom. The first-order valence-electron chi connectivity index (χ1n) is 6.95. The number of anilines is 1. The number of hydrogen-bond acceptors (Lipinski definition) is 5. The molecule has 1 amide bonds. The highest BCUT2D eigenvalue weighted by Gasteiger charge is 2.13. The summed E-state index contributed by atoms with van der Waals surface area (Å²) >= 11 is 7.48. The largest absolute Gasteiger partial charge is 0.484 e. The zero-order chi connectivity index (χ0) is 16.6. The molecule has 0 saturated carbocycles. The molecule has 1 aromatic carbocycles. The number of aryl methyl sites for hydroxylation is 3. The van der Waals surface area contributed by atoms with Crippen LogP contribution in [-0.4, -0.2) is 27.1 Å². The fourth-order valence-electron chi connectivity index (χ4n) is 2.01. The SMILES string of the molecule is Cc1cc(OCC(=O)Nc2nc3sc(C)c(C)n3n2)ccc1Cl. The molecule has 0 spiro atoms. The number of benzene rings is 1. The maximum atomic E-state index is 11.9. The topological polar surface area (TPSA) is 68.5 Å². The second-order valence-electron chi connectivity index (χ2n) is 5.12. The van der Waals surface area contributed by atoms with Crippen LogP contribution in [0.5, 0.6) is 5.75 Å². The Morgan fingerprint density at radius 2 is 2.17 bits per heavy atom. The predicted octanol–water partition coefficient (Wildman–Crippen LogP) is 3.39. The lowest BCUT2D eigenvalue weighted by atomic mass is 10.2. The van der Waals surface area contributed by atoms with E-state index in [1.165, 1.54) is 11.3 Å². The summed E-state index contributed by atoms with van der Waals surface area (Å²) in [6.07, 6.45) is 0. The Labute approximate surface area is 142 Å². The van der Waals surface area contributed by atoms with Gasteiger partial charge in [0.05, 0.1) is 5.69 Å². The van der Waals surface area contributed by atoms with Crippen molar-refractivity contribution in [2.45, 2.75) is 20.8 Å². The Balaban J connectivity index is 1.62. The molecule has 0 radical (unpaired) electrons. The van der Waals surface area contributed by atoms with Crippen LogP contribution in [0.1, 0.15) is 16.1 Å². The first-order valence-corrected chi connectivity index (χ1v) is 8.15. The lowest BCUT2D eigenvalue weighted by Crippen LogP contribution is -2.21. The molecule has 0 atom stereocenters. The number of nitrogens with zero attached hydrogens (tertiary/aromatic N) is 3. The number of nitrogens with one attached hydrogen (secondary N) is 1. The molecule has 6 nitrogen and oxygen atoms in total. The van der Waals surface area contributed by atoms with Gasteiger partial charge >= 0.3 is 0 Å². The second kappa shape index (κ2) is 6.17. The minimum atomic E-state index is -0.315. The summed E-state index contributed by atoms with van der Waals surface area (Å²) in [5, 5.41) is 7.56. The maximum Gasteiger partial charge on any atom is 0.264 e. The highest BCUT2D eigenvalue weighted by molar-refractivity contribution is 7.17. The first kappa shape index (κ1) is 15.8. The van der Waals surface area contributed by atoms with E-state index in [0.717, 1.165) is 21.1 Å². The number of hydrogen-bond donors (Lipinski definition) is 1. The lowest BCUT2D eigenvalue weighted by Gasteiger charge is -2.07. The normalized spacial score (nSPS) is 11.0. The number of carbonyl (C=O) groups excluding carboxylic acids is 1. The van der Waals surface area contributed by atoms with Crippen LogP contribution in [-0.2, 0) is 4.79 Å². The Kier molecular flexibility index (Phi) is 4.23. The van der Waals surface area contributed by atoms with Crippen LogP contribution < -0.4 is 10.1 Å². The van der Waals surface area contributed by atoms with Crippen molar-refractivity contribution in [1.82, 2.24) is 14.6 Å². The van der Waals surface area contributed by atoms with Gasteiger partial charge in [0.2, 0.25) is 4.96 Å². The summed E-state index contributed by atoms with van der Waals surface area (Å²) in [5.74, 6) is 0.553. The minimum Gasteiger partial charge on any atom is -0.484 e. The molecular weight excluding hydrogens is 336 g/mol. The van der Waals surface area contributed by atoms with E-state index in [9.17, 15) is 4.79 Å². The number of halogens is 1. The molecule has 0 aliphatic rings. The summed E-state index contributed by atoms with van der Waals surface area (Å²) in [7, 11) is 0. The Morgan fingerprint density at radius 3 is 2.87 bits per heavy atom. The molecule has 0 aliphatic heterocycles. The van der Waals surface area contributed by atoms with Crippen LogP contribution in [0.3, 0.4) is 0 Å². The summed E-state index contributed by atoms with van der Waals surface area (Å²) in [6.45, 7) is 5.73. The third-order valence-corrected chi connectivity index (χ3v) is 4.87. The Hall–Kier alpha value is -2.12. The highest BCUT2D eigenvalue weighted by Crippen LogP contribution is 2.22. The van der Waals surface area contributed by atoms with E-state index in [-0.39, 0.29) is 18.5 Å².